The highest BCUT2D eigenvalue weighted by Gasteiger charge is 2.15. The van der Waals surface area contributed by atoms with Gasteiger partial charge in [0.1, 0.15) is 5.82 Å². The third-order valence-corrected chi connectivity index (χ3v) is 4.05. The predicted octanol–water partition coefficient (Wildman–Crippen LogP) is 1.13. The first-order chi connectivity index (χ1) is 7.95. The molecule has 0 aromatic heterocycles. The molecule has 0 saturated heterocycles. The number of benzene rings is 1. The van der Waals surface area contributed by atoms with Crippen LogP contribution in [0.5, 0.6) is 0 Å². The van der Waals surface area contributed by atoms with Gasteiger partial charge >= 0.3 is 0 Å². The van der Waals surface area contributed by atoms with Crippen molar-refractivity contribution in [1.29, 1.82) is 0 Å². The van der Waals surface area contributed by atoms with Crippen molar-refractivity contribution in [3.05, 3.63) is 30.1 Å². The molecule has 0 bridgehead atoms. The molecule has 0 aliphatic rings. The smallest absolute Gasteiger partial charge is 0.219 e. The number of carbonyl (C=O) groups is 1. The van der Waals surface area contributed by atoms with Gasteiger partial charge in [-0.2, -0.15) is 0 Å². The van der Waals surface area contributed by atoms with E-state index in [0.29, 0.717) is 0 Å². The molecule has 0 atom stereocenters. The van der Waals surface area contributed by atoms with Crippen LogP contribution in [-0.2, 0) is 14.6 Å². The lowest BCUT2D eigenvalue weighted by Crippen LogP contribution is -2.18. The molecule has 0 aliphatic heterocycles. The van der Waals surface area contributed by atoms with Gasteiger partial charge in [-0.3, -0.25) is 4.79 Å². The molecule has 1 aromatic rings. The van der Waals surface area contributed by atoms with E-state index in [4.69, 9.17) is 0 Å². The van der Waals surface area contributed by atoms with Gasteiger partial charge in [0.25, 0.3) is 0 Å². The van der Waals surface area contributed by atoms with Gasteiger partial charge in [0.05, 0.1) is 10.6 Å². The van der Waals surface area contributed by atoms with Crippen molar-refractivity contribution in [2.24, 2.45) is 0 Å². The summed E-state index contributed by atoms with van der Waals surface area (Å²) in [7, 11) is -2.02. The van der Waals surface area contributed by atoms with Crippen molar-refractivity contribution >= 4 is 15.7 Å². The first-order valence-corrected chi connectivity index (χ1v) is 6.80. The first-order valence-electron chi connectivity index (χ1n) is 5.14. The zero-order valence-corrected chi connectivity index (χ0v) is 10.3. The van der Waals surface area contributed by atoms with E-state index in [-0.39, 0.29) is 29.4 Å². The van der Waals surface area contributed by atoms with Crippen molar-refractivity contribution in [3.8, 4) is 0 Å². The Morgan fingerprint density at radius 1 is 1.41 bits per heavy atom. The molecule has 0 fully saturated rings. The van der Waals surface area contributed by atoms with E-state index in [9.17, 15) is 17.6 Å². The Balaban J connectivity index is 2.66. The highest BCUT2D eigenvalue weighted by Crippen LogP contribution is 2.13. The molecule has 1 amide bonds. The van der Waals surface area contributed by atoms with E-state index in [1.807, 2.05) is 0 Å². The minimum absolute atomic E-state index is 0.0468. The van der Waals surface area contributed by atoms with Crippen LogP contribution in [0.15, 0.2) is 29.2 Å². The molecule has 0 saturated carbocycles. The maximum absolute atomic E-state index is 12.9. The molecule has 1 aromatic carbocycles. The van der Waals surface area contributed by atoms with Gasteiger partial charge in [-0.1, -0.05) is 6.07 Å². The van der Waals surface area contributed by atoms with Crippen molar-refractivity contribution in [1.82, 2.24) is 5.32 Å². The fraction of sp³-hybridized carbons (Fsp3) is 0.364. The van der Waals surface area contributed by atoms with Gasteiger partial charge in [0.2, 0.25) is 5.91 Å². The topological polar surface area (TPSA) is 63.2 Å². The van der Waals surface area contributed by atoms with Crippen LogP contribution in [0.4, 0.5) is 4.39 Å². The van der Waals surface area contributed by atoms with E-state index in [1.54, 1.807) is 0 Å². The Labute approximate surface area is 99.8 Å². The number of sulfone groups is 1. The maximum atomic E-state index is 12.9. The van der Waals surface area contributed by atoms with Crippen LogP contribution >= 0.6 is 0 Å². The summed E-state index contributed by atoms with van der Waals surface area (Å²) < 4.78 is 36.4. The van der Waals surface area contributed by atoms with Gasteiger partial charge in [-0.25, -0.2) is 12.8 Å². The second-order valence-electron chi connectivity index (χ2n) is 3.55. The number of rotatable bonds is 5. The van der Waals surface area contributed by atoms with E-state index in [0.717, 1.165) is 6.07 Å². The standard InChI is InChI=1S/C11H14FNO3S/c1-13-11(14)6-3-7-17(15,16)10-5-2-4-9(12)8-10/h2,4-5,8H,3,6-7H2,1H3,(H,13,14). The Kier molecular flexibility index (Phi) is 4.62. The van der Waals surface area contributed by atoms with Crippen molar-refractivity contribution in [3.63, 3.8) is 0 Å². The monoisotopic (exact) mass is 259 g/mol. The SMILES string of the molecule is CNC(=O)CCCS(=O)(=O)c1cccc(F)c1. The van der Waals surface area contributed by atoms with Crippen LogP contribution in [0.3, 0.4) is 0 Å². The van der Waals surface area contributed by atoms with E-state index in [1.165, 1.54) is 25.2 Å². The number of amides is 1. The number of halogens is 1. The molecule has 17 heavy (non-hydrogen) atoms. The first kappa shape index (κ1) is 13.6. The zero-order chi connectivity index (χ0) is 12.9. The van der Waals surface area contributed by atoms with Gasteiger partial charge < -0.3 is 5.32 Å². The molecule has 4 nitrogen and oxygen atoms in total. The van der Waals surface area contributed by atoms with Crippen LogP contribution in [0.25, 0.3) is 0 Å². The lowest BCUT2D eigenvalue weighted by molar-refractivity contribution is -0.120. The molecule has 6 heteroatoms. The average molecular weight is 259 g/mol. The minimum Gasteiger partial charge on any atom is -0.359 e. The van der Waals surface area contributed by atoms with Crippen LogP contribution in [0.2, 0.25) is 0 Å². The van der Waals surface area contributed by atoms with E-state index in [2.05, 4.69) is 5.32 Å². The molecule has 0 spiro atoms. The lowest BCUT2D eigenvalue weighted by atomic mass is 10.3. The third kappa shape index (κ3) is 4.14. The highest BCUT2D eigenvalue weighted by molar-refractivity contribution is 7.91. The van der Waals surface area contributed by atoms with E-state index < -0.39 is 15.7 Å². The average Bonchev–Trinajstić information content (AvgIpc) is 2.28. The predicted molar refractivity (Wildman–Crippen MR) is 61.8 cm³/mol. The Morgan fingerprint density at radius 3 is 2.71 bits per heavy atom. The zero-order valence-electron chi connectivity index (χ0n) is 9.44. The van der Waals surface area contributed by atoms with Gasteiger partial charge in [0.15, 0.2) is 9.84 Å². The lowest BCUT2D eigenvalue weighted by Gasteiger charge is -2.04. The Hall–Kier alpha value is -1.43. The summed E-state index contributed by atoms with van der Waals surface area (Å²) in [6, 6.07) is 4.86. The summed E-state index contributed by atoms with van der Waals surface area (Å²) in [6.07, 6.45) is 0.365. The summed E-state index contributed by atoms with van der Waals surface area (Å²) in [5.74, 6) is -0.957. The number of hydrogen-bond donors (Lipinski definition) is 1. The molecule has 0 radical (unpaired) electrons. The molecule has 1 rings (SSSR count). The largest absolute Gasteiger partial charge is 0.359 e. The van der Waals surface area contributed by atoms with Crippen LogP contribution < -0.4 is 5.32 Å². The van der Waals surface area contributed by atoms with Crippen LogP contribution in [-0.4, -0.2) is 27.1 Å². The van der Waals surface area contributed by atoms with Crippen molar-refractivity contribution < 1.29 is 17.6 Å². The second-order valence-corrected chi connectivity index (χ2v) is 5.66. The molecular formula is C11H14FNO3S. The van der Waals surface area contributed by atoms with Crippen molar-refractivity contribution in [2.45, 2.75) is 17.7 Å². The fourth-order valence-corrected chi connectivity index (χ4v) is 2.66. The Morgan fingerprint density at radius 2 is 2.12 bits per heavy atom. The van der Waals surface area contributed by atoms with Crippen LogP contribution in [0.1, 0.15) is 12.8 Å². The molecule has 1 N–H and O–H groups in total. The summed E-state index contributed by atoms with van der Waals surface area (Å²) in [4.78, 5) is 10.9. The fourth-order valence-electron chi connectivity index (χ4n) is 1.33. The maximum Gasteiger partial charge on any atom is 0.219 e. The minimum atomic E-state index is -3.51. The molecule has 0 heterocycles. The van der Waals surface area contributed by atoms with Gasteiger partial charge in [0, 0.05) is 13.5 Å². The third-order valence-electron chi connectivity index (χ3n) is 2.25. The van der Waals surface area contributed by atoms with Crippen LogP contribution in [0, 0.1) is 5.82 Å². The summed E-state index contributed by atoms with van der Waals surface area (Å²) >= 11 is 0. The Bertz CT molecular complexity index is 499. The van der Waals surface area contributed by atoms with Gasteiger partial charge in [-0.05, 0) is 24.6 Å². The molecule has 0 aliphatic carbocycles. The molecule has 0 unspecified atom stereocenters. The second kappa shape index (κ2) is 5.77. The van der Waals surface area contributed by atoms with E-state index >= 15 is 0 Å². The molecule has 94 valence electrons. The number of nitrogens with one attached hydrogen (secondary N) is 1. The highest BCUT2D eigenvalue weighted by atomic mass is 32.2. The summed E-state index contributed by atoms with van der Waals surface area (Å²) in [5.41, 5.74) is 0. The quantitative estimate of drug-likeness (QED) is 0.862. The molecular weight excluding hydrogens is 245 g/mol. The normalized spacial score (nSPS) is 11.2. The van der Waals surface area contributed by atoms with Crippen molar-refractivity contribution in [2.75, 3.05) is 12.8 Å². The number of hydrogen-bond acceptors (Lipinski definition) is 3. The number of carbonyl (C=O) groups excluding carboxylic acids is 1. The summed E-state index contributed by atoms with van der Waals surface area (Å²) in [6.45, 7) is 0. The van der Waals surface area contributed by atoms with Gasteiger partial charge in [-0.15, -0.1) is 0 Å². The summed E-state index contributed by atoms with van der Waals surface area (Å²) in [5, 5.41) is 2.41.